The van der Waals surface area contributed by atoms with E-state index in [1.807, 2.05) is 10.3 Å². The molecule has 0 radical (unpaired) electrons. The van der Waals surface area contributed by atoms with Gasteiger partial charge in [-0.3, -0.25) is 14.5 Å². The van der Waals surface area contributed by atoms with Crippen molar-refractivity contribution in [2.45, 2.75) is 51.0 Å². The summed E-state index contributed by atoms with van der Waals surface area (Å²) in [4.78, 5) is 30.6. The standard InChI is InChI=1S/C21H31N3O4S/c25-18-14-16-6-1-2-8-23(16)9-3-4-10-24(11-5-7-22-18)21(26)20-19-17(15-29-20)27-12-13-28-19/h15-16H,1-14H2,(H,22,25). The van der Waals surface area contributed by atoms with Crippen LogP contribution in [0, 0.1) is 0 Å². The van der Waals surface area contributed by atoms with Crippen LogP contribution in [0.1, 0.15) is 54.6 Å². The maximum absolute atomic E-state index is 13.2. The predicted molar refractivity (Wildman–Crippen MR) is 112 cm³/mol. The minimum absolute atomic E-state index is 0.0128. The molecule has 8 heteroatoms. The molecular formula is C21H31N3O4S. The van der Waals surface area contributed by atoms with Gasteiger partial charge in [0.1, 0.15) is 18.1 Å². The van der Waals surface area contributed by atoms with Crippen molar-refractivity contribution in [1.29, 1.82) is 0 Å². The third kappa shape index (κ3) is 5.04. The molecule has 3 aliphatic heterocycles. The van der Waals surface area contributed by atoms with Crippen molar-refractivity contribution in [3.63, 3.8) is 0 Å². The lowest BCUT2D eigenvalue weighted by Gasteiger charge is -2.35. The minimum Gasteiger partial charge on any atom is -0.485 e. The first kappa shape index (κ1) is 20.5. The minimum atomic E-state index is 0.0128. The van der Waals surface area contributed by atoms with Crippen LogP contribution in [0.15, 0.2) is 5.38 Å². The van der Waals surface area contributed by atoms with Crippen LogP contribution in [-0.2, 0) is 4.79 Å². The summed E-state index contributed by atoms with van der Waals surface area (Å²) in [6, 6.07) is 0.372. The summed E-state index contributed by atoms with van der Waals surface area (Å²) >= 11 is 1.40. The molecule has 0 bridgehead atoms. The number of ether oxygens (including phenoxy) is 2. The van der Waals surface area contributed by atoms with Gasteiger partial charge in [0.05, 0.1) is 0 Å². The lowest BCUT2D eigenvalue weighted by Crippen LogP contribution is -2.43. The molecule has 160 valence electrons. The number of piperidine rings is 1. The molecule has 1 unspecified atom stereocenters. The zero-order valence-corrected chi connectivity index (χ0v) is 17.8. The van der Waals surface area contributed by atoms with Gasteiger partial charge in [-0.05, 0) is 45.2 Å². The van der Waals surface area contributed by atoms with Crippen molar-refractivity contribution in [1.82, 2.24) is 15.1 Å². The van der Waals surface area contributed by atoms with E-state index in [0.717, 1.165) is 45.3 Å². The van der Waals surface area contributed by atoms with Gasteiger partial charge in [0, 0.05) is 37.5 Å². The molecule has 2 amide bonds. The molecule has 7 nitrogen and oxygen atoms in total. The van der Waals surface area contributed by atoms with Gasteiger partial charge in [0.2, 0.25) is 5.91 Å². The molecule has 0 aliphatic carbocycles. The molecule has 4 rings (SSSR count). The fraction of sp³-hybridized carbons (Fsp3) is 0.714. The molecule has 1 N–H and O–H groups in total. The summed E-state index contributed by atoms with van der Waals surface area (Å²) in [5, 5.41) is 4.91. The van der Waals surface area contributed by atoms with Crippen molar-refractivity contribution in [3.05, 3.63) is 10.3 Å². The van der Waals surface area contributed by atoms with Crippen LogP contribution in [0.4, 0.5) is 0 Å². The van der Waals surface area contributed by atoms with Crippen LogP contribution < -0.4 is 14.8 Å². The molecule has 29 heavy (non-hydrogen) atoms. The zero-order chi connectivity index (χ0) is 20.1. The van der Waals surface area contributed by atoms with Crippen LogP contribution in [0.5, 0.6) is 11.5 Å². The summed E-state index contributed by atoms with van der Waals surface area (Å²) < 4.78 is 11.3. The highest BCUT2D eigenvalue weighted by Gasteiger charge is 2.28. The summed E-state index contributed by atoms with van der Waals surface area (Å²) in [6.45, 7) is 5.08. The molecular weight excluding hydrogens is 390 g/mol. The lowest BCUT2D eigenvalue weighted by molar-refractivity contribution is -0.122. The van der Waals surface area contributed by atoms with Gasteiger partial charge in [0.25, 0.3) is 5.91 Å². The van der Waals surface area contributed by atoms with Gasteiger partial charge >= 0.3 is 0 Å². The van der Waals surface area contributed by atoms with Crippen molar-refractivity contribution in [3.8, 4) is 11.5 Å². The van der Waals surface area contributed by atoms with Crippen molar-refractivity contribution >= 4 is 23.2 Å². The second-order valence-corrected chi connectivity index (χ2v) is 8.93. The topological polar surface area (TPSA) is 71.1 Å². The summed E-state index contributed by atoms with van der Waals surface area (Å²) in [5.74, 6) is 1.42. The van der Waals surface area contributed by atoms with Crippen LogP contribution >= 0.6 is 11.3 Å². The third-order valence-corrected chi connectivity index (χ3v) is 6.93. The summed E-state index contributed by atoms with van der Waals surface area (Å²) in [7, 11) is 0. The number of carbonyl (C=O) groups excluding carboxylic acids is 2. The van der Waals surface area contributed by atoms with Crippen molar-refractivity contribution < 1.29 is 19.1 Å². The molecule has 0 aromatic carbocycles. The number of carbonyl (C=O) groups is 2. The van der Waals surface area contributed by atoms with E-state index in [1.54, 1.807) is 0 Å². The average Bonchev–Trinajstić information content (AvgIpc) is 3.17. The van der Waals surface area contributed by atoms with Crippen molar-refractivity contribution in [2.75, 3.05) is 45.9 Å². The lowest BCUT2D eigenvalue weighted by atomic mass is 9.98. The maximum Gasteiger partial charge on any atom is 0.267 e. The molecule has 2 saturated heterocycles. The van der Waals surface area contributed by atoms with E-state index in [-0.39, 0.29) is 11.8 Å². The molecule has 1 atom stereocenters. The van der Waals surface area contributed by atoms with Crippen LogP contribution in [0.2, 0.25) is 0 Å². The molecule has 2 fully saturated rings. The molecule has 3 aliphatic rings. The molecule has 0 saturated carbocycles. The molecule has 4 heterocycles. The van der Waals surface area contributed by atoms with E-state index in [4.69, 9.17) is 9.47 Å². The quantitative estimate of drug-likeness (QED) is 0.754. The third-order valence-electron chi connectivity index (χ3n) is 6.00. The summed E-state index contributed by atoms with van der Waals surface area (Å²) in [5.41, 5.74) is 0. The Morgan fingerprint density at radius 1 is 1.03 bits per heavy atom. The van der Waals surface area contributed by atoms with E-state index in [2.05, 4.69) is 10.2 Å². The highest BCUT2D eigenvalue weighted by molar-refractivity contribution is 7.12. The van der Waals surface area contributed by atoms with Crippen LogP contribution in [-0.4, -0.2) is 73.6 Å². The fourth-order valence-corrected chi connectivity index (χ4v) is 5.35. The van der Waals surface area contributed by atoms with E-state index in [1.165, 1.54) is 24.2 Å². The van der Waals surface area contributed by atoms with Gasteiger partial charge in [0.15, 0.2) is 11.5 Å². The Hall–Kier alpha value is -1.80. The predicted octanol–water partition coefficient (Wildman–Crippen LogP) is 2.51. The number of amides is 2. The van der Waals surface area contributed by atoms with E-state index in [9.17, 15) is 9.59 Å². The van der Waals surface area contributed by atoms with Crippen LogP contribution in [0.3, 0.4) is 0 Å². The highest BCUT2D eigenvalue weighted by Crippen LogP contribution is 2.40. The SMILES string of the molecule is O=C1CC2CCCCN2CCCCN(C(=O)c2scc3c2OCCO3)CCCN1. The van der Waals surface area contributed by atoms with Gasteiger partial charge < -0.3 is 19.7 Å². The van der Waals surface area contributed by atoms with Gasteiger partial charge in [-0.15, -0.1) is 11.3 Å². The average molecular weight is 422 g/mol. The number of thiophene rings is 1. The Morgan fingerprint density at radius 2 is 1.79 bits per heavy atom. The number of nitrogens with zero attached hydrogens (tertiary/aromatic N) is 2. The first-order chi connectivity index (χ1) is 14.2. The Morgan fingerprint density at radius 3 is 2.69 bits per heavy atom. The maximum atomic E-state index is 13.2. The Labute approximate surface area is 176 Å². The van der Waals surface area contributed by atoms with E-state index in [0.29, 0.717) is 55.1 Å². The largest absolute Gasteiger partial charge is 0.485 e. The van der Waals surface area contributed by atoms with E-state index < -0.39 is 0 Å². The number of hydrogen-bond acceptors (Lipinski definition) is 6. The second-order valence-electron chi connectivity index (χ2n) is 8.05. The second kappa shape index (κ2) is 9.80. The van der Waals surface area contributed by atoms with E-state index >= 15 is 0 Å². The highest BCUT2D eigenvalue weighted by atomic mass is 32.1. The van der Waals surface area contributed by atoms with Crippen LogP contribution in [0.25, 0.3) is 0 Å². The Balaban J connectivity index is 1.42. The normalized spacial score (nSPS) is 24.5. The first-order valence-corrected chi connectivity index (χ1v) is 11.8. The molecule has 1 aromatic rings. The number of rotatable bonds is 1. The van der Waals surface area contributed by atoms with Crippen molar-refractivity contribution in [2.24, 2.45) is 0 Å². The summed E-state index contributed by atoms with van der Waals surface area (Å²) in [6.07, 6.45) is 6.93. The number of fused-ring (bicyclic) bond motifs is 2. The number of nitrogens with one attached hydrogen (secondary N) is 1. The van der Waals surface area contributed by atoms with Gasteiger partial charge in [-0.2, -0.15) is 0 Å². The fourth-order valence-electron chi connectivity index (χ4n) is 4.46. The zero-order valence-electron chi connectivity index (χ0n) is 17.0. The first-order valence-electron chi connectivity index (χ1n) is 10.9. The Bertz CT molecular complexity index is 723. The number of hydrogen-bond donors (Lipinski definition) is 1. The monoisotopic (exact) mass is 421 g/mol. The Kier molecular flexibility index (Phi) is 6.92. The smallest absolute Gasteiger partial charge is 0.267 e. The molecule has 0 spiro atoms. The van der Waals surface area contributed by atoms with Gasteiger partial charge in [-0.25, -0.2) is 0 Å². The van der Waals surface area contributed by atoms with Gasteiger partial charge in [-0.1, -0.05) is 6.42 Å². The molecule has 1 aromatic heterocycles.